The van der Waals surface area contributed by atoms with Gasteiger partial charge in [-0.05, 0) is 24.6 Å². The second kappa shape index (κ2) is 6.89. The highest BCUT2D eigenvalue weighted by Crippen LogP contribution is 2.27. The van der Waals surface area contributed by atoms with Crippen molar-refractivity contribution in [3.8, 4) is 0 Å². The molecule has 0 bridgehead atoms. The van der Waals surface area contributed by atoms with Gasteiger partial charge in [0.1, 0.15) is 4.90 Å². The summed E-state index contributed by atoms with van der Waals surface area (Å²) in [6.45, 7) is 0.592. The van der Waals surface area contributed by atoms with Crippen molar-refractivity contribution in [3.05, 3.63) is 41.2 Å². The van der Waals surface area contributed by atoms with Gasteiger partial charge in [-0.25, -0.2) is 13.1 Å². The highest BCUT2D eigenvalue weighted by Gasteiger charge is 2.30. The number of rotatable bonds is 4. The summed E-state index contributed by atoms with van der Waals surface area (Å²) in [5.74, 6) is 0. The van der Waals surface area contributed by atoms with Crippen LogP contribution < -0.4 is 4.90 Å². The molecule has 1 fully saturated rings. The van der Waals surface area contributed by atoms with E-state index in [2.05, 4.69) is 10.00 Å². The van der Waals surface area contributed by atoms with Crippen LogP contribution in [0.25, 0.3) is 0 Å². The molecule has 0 spiro atoms. The molecule has 25 heavy (non-hydrogen) atoms. The van der Waals surface area contributed by atoms with Crippen LogP contribution in [-0.4, -0.2) is 48.7 Å². The molecule has 0 aliphatic carbocycles. The second-order valence-electron chi connectivity index (χ2n) is 5.76. The Morgan fingerprint density at radius 2 is 1.88 bits per heavy atom. The highest BCUT2D eigenvalue weighted by atomic mass is 35.5. The van der Waals surface area contributed by atoms with Crippen molar-refractivity contribution in [2.75, 3.05) is 31.1 Å². The summed E-state index contributed by atoms with van der Waals surface area (Å²) in [6, 6.07) is 5.58. The lowest BCUT2D eigenvalue weighted by Crippen LogP contribution is -2.48. The molecule has 0 amide bonds. The van der Waals surface area contributed by atoms with Gasteiger partial charge in [-0.2, -0.15) is 18.2 Å². The van der Waals surface area contributed by atoms with Crippen LogP contribution in [-0.2, 0) is 10.0 Å². The zero-order valence-electron chi connectivity index (χ0n) is 13.4. The molecular formula is C15H17ClF2N4O2S. The number of sulfonamides is 1. The zero-order chi connectivity index (χ0) is 18.2. The predicted octanol–water partition coefficient (Wildman–Crippen LogP) is 2.75. The highest BCUT2D eigenvalue weighted by molar-refractivity contribution is 7.89. The van der Waals surface area contributed by atoms with Gasteiger partial charge in [0.05, 0.1) is 12.4 Å². The van der Waals surface area contributed by atoms with E-state index in [1.165, 1.54) is 4.31 Å². The van der Waals surface area contributed by atoms with Crippen molar-refractivity contribution in [1.82, 2.24) is 14.1 Å². The Balaban J connectivity index is 1.73. The number of halogens is 3. The molecule has 1 aliphatic rings. The maximum atomic E-state index is 12.6. The number of hydrogen-bond donors (Lipinski definition) is 0. The third-order valence-corrected chi connectivity index (χ3v) is 6.25. The van der Waals surface area contributed by atoms with Crippen molar-refractivity contribution in [2.45, 2.75) is 18.4 Å². The molecule has 0 saturated carbocycles. The van der Waals surface area contributed by atoms with E-state index >= 15 is 0 Å². The number of hydrogen-bond acceptors (Lipinski definition) is 4. The first kappa shape index (κ1) is 18.1. The van der Waals surface area contributed by atoms with Crippen molar-refractivity contribution < 1.29 is 17.2 Å². The summed E-state index contributed by atoms with van der Waals surface area (Å²) in [6.07, 6.45) is 1.81. The van der Waals surface area contributed by atoms with E-state index in [4.69, 9.17) is 11.6 Å². The normalized spacial score (nSPS) is 16.6. The summed E-state index contributed by atoms with van der Waals surface area (Å²) in [5.41, 5.74) is 2.02. The summed E-state index contributed by atoms with van der Waals surface area (Å²) in [4.78, 5) is 1.84. The summed E-state index contributed by atoms with van der Waals surface area (Å²) in [5, 5.41) is 4.02. The van der Waals surface area contributed by atoms with Crippen molar-refractivity contribution >= 4 is 27.3 Å². The summed E-state index contributed by atoms with van der Waals surface area (Å²) >= 11 is 6.04. The molecule has 3 rings (SSSR count). The zero-order valence-corrected chi connectivity index (χ0v) is 15.0. The standard InChI is InChI=1S/C15H17ClF2N4O2S/c1-11-2-3-12(16)8-14(11)20-4-6-21(7-5-20)25(23,24)13-9-19-22(10-13)15(17)18/h2-3,8-10,15H,4-7H2,1H3. The summed E-state index contributed by atoms with van der Waals surface area (Å²) in [7, 11) is -3.83. The second-order valence-corrected chi connectivity index (χ2v) is 8.13. The van der Waals surface area contributed by atoms with Crippen LogP contribution in [0, 0.1) is 6.92 Å². The Morgan fingerprint density at radius 3 is 2.48 bits per heavy atom. The molecule has 2 aromatic rings. The maximum absolute atomic E-state index is 12.6. The Morgan fingerprint density at radius 1 is 1.20 bits per heavy atom. The lowest BCUT2D eigenvalue weighted by atomic mass is 10.1. The first-order chi connectivity index (χ1) is 11.8. The largest absolute Gasteiger partial charge is 0.369 e. The quantitative estimate of drug-likeness (QED) is 0.805. The lowest BCUT2D eigenvalue weighted by molar-refractivity contribution is 0.0563. The Hall–Kier alpha value is -1.71. The number of piperazine rings is 1. The molecule has 2 heterocycles. The fraction of sp³-hybridized carbons (Fsp3) is 0.400. The number of anilines is 1. The molecule has 0 unspecified atom stereocenters. The molecular weight excluding hydrogens is 374 g/mol. The number of alkyl halides is 2. The van der Waals surface area contributed by atoms with Gasteiger partial charge in [-0.15, -0.1) is 0 Å². The predicted molar refractivity (Wildman–Crippen MR) is 90.6 cm³/mol. The number of aromatic nitrogens is 2. The molecule has 1 saturated heterocycles. The Kier molecular flexibility index (Phi) is 4.99. The van der Waals surface area contributed by atoms with E-state index in [0.717, 1.165) is 23.6 Å². The molecule has 1 aliphatic heterocycles. The van der Waals surface area contributed by atoms with Crippen LogP contribution in [0.5, 0.6) is 0 Å². The van der Waals surface area contributed by atoms with Gasteiger partial charge in [0.15, 0.2) is 0 Å². The van der Waals surface area contributed by atoms with Crippen LogP contribution in [0.2, 0.25) is 5.02 Å². The van der Waals surface area contributed by atoms with Gasteiger partial charge in [0.2, 0.25) is 10.0 Å². The first-order valence-electron chi connectivity index (χ1n) is 7.62. The fourth-order valence-corrected chi connectivity index (χ4v) is 4.33. The summed E-state index contributed by atoms with van der Waals surface area (Å²) < 4.78 is 52.0. The van der Waals surface area contributed by atoms with Gasteiger partial charge >= 0.3 is 6.55 Å². The van der Waals surface area contributed by atoms with Gasteiger partial charge in [-0.3, -0.25) is 0 Å². The maximum Gasteiger partial charge on any atom is 0.333 e. The number of nitrogens with zero attached hydrogens (tertiary/aromatic N) is 4. The molecule has 10 heteroatoms. The van der Waals surface area contributed by atoms with Gasteiger partial charge < -0.3 is 4.90 Å². The third-order valence-electron chi connectivity index (χ3n) is 4.17. The van der Waals surface area contributed by atoms with Crippen LogP contribution in [0.1, 0.15) is 12.1 Å². The minimum absolute atomic E-state index is 0.222. The molecule has 1 aromatic carbocycles. The van der Waals surface area contributed by atoms with Crippen LogP contribution in [0.3, 0.4) is 0 Å². The fourth-order valence-electron chi connectivity index (χ4n) is 2.80. The van der Waals surface area contributed by atoms with E-state index in [1.54, 1.807) is 0 Å². The number of benzene rings is 1. The van der Waals surface area contributed by atoms with Gasteiger partial charge in [-0.1, -0.05) is 17.7 Å². The van der Waals surface area contributed by atoms with E-state index in [9.17, 15) is 17.2 Å². The molecule has 6 nitrogen and oxygen atoms in total. The molecule has 1 aromatic heterocycles. The molecule has 136 valence electrons. The van der Waals surface area contributed by atoms with E-state index < -0.39 is 16.6 Å². The topological polar surface area (TPSA) is 58.4 Å². The Labute approximate surface area is 149 Å². The van der Waals surface area contributed by atoms with Crippen LogP contribution in [0.4, 0.5) is 14.5 Å². The number of aryl methyl sites for hydroxylation is 1. The SMILES string of the molecule is Cc1ccc(Cl)cc1N1CCN(S(=O)(=O)c2cnn(C(F)F)c2)CC1. The van der Waals surface area contributed by atoms with Crippen molar-refractivity contribution in [3.63, 3.8) is 0 Å². The molecule has 0 atom stereocenters. The van der Waals surface area contributed by atoms with E-state index in [-0.39, 0.29) is 18.0 Å². The van der Waals surface area contributed by atoms with E-state index in [1.807, 2.05) is 25.1 Å². The van der Waals surface area contributed by atoms with Crippen molar-refractivity contribution in [2.24, 2.45) is 0 Å². The monoisotopic (exact) mass is 390 g/mol. The average molecular weight is 391 g/mol. The smallest absolute Gasteiger partial charge is 0.333 e. The van der Waals surface area contributed by atoms with Gasteiger partial charge in [0.25, 0.3) is 0 Å². The van der Waals surface area contributed by atoms with Gasteiger partial charge in [0, 0.05) is 36.9 Å². The van der Waals surface area contributed by atoms with Crippen LogP contribution >= 0.6 is 11.6 Å². The Bertz CT molecular complexity index is 864. The van der Waals surface area contributed by atoms with E-state index in [0.29, 0.717) is 22.8 Å². The molecule has 0 radical (unpaired) electrons. The first-order valence-corrected chi connectivity index (χ1v) is 9.44. The lowest BCUT2D eigenvalue weighted by Gasteiger charge is -2.36. The van der Waals surface area contributed by atoms with Crippen molar-refractivity contribution in [1.29, 1.82) is 0 Å². The minimum atomic E-state index is -3.83. The molecule has 0 N–H and O–H groups in total. The third kappa shape index (κ3) is 3.63. The average Bonchev–Trinajstić information content (AvgIpc) is 3.08. The van der Waals surface area contributed by atoms with Crippen LogP contribution in [0.15, 0.2) is 35.5 Å². The minimum Gasteiger partial charge on any atom is -0.369 e.